The molecular formula is C32H35F3N4O2. The first kappa shape index (κ1) is 29.9. The molecule has 1 heterocycles. The summed E-state index contributed by atoms with van der Waals surface area (Å²) in [7, 11) is 1.61. The first-order valence-corrected chi connectivity index (χ1v) is 13.6. The average molecular weight is 565 g/mol. The number of benzene rings is 3. The molecule has 0 spiro atoms. The van der Waals surface area contributed by atoms with Crippen LogP contribution in [0.2, 0.25) is 0 Å². The zero-order valence-corrected chi connectivity index (χ0v) is 23.4. The highest BCUT2D eigenvalue weighted by Gasteiger charge is 2.34. The molecule has 0 fully saturated rings. The number of nitrogens with two attached hydrogens (primary N) is 1. The zero-order chi connectivity index (χ0) is 29.6. The molecule has 0 aliphatic rings. The Morgan fingerprint density at radius 3 is 2.34 bits per heavy atom. The van der Waals surface area contributed by atoms with Gasteiger partial charge >= 0.3 is 6.18 Å². The monoisotopic (exact) mass is 564 g/mol. The Hall–Kier alpha value is -4.11. The summed E-state index contributed by atoms with van der Waals surface area (Å²) in [5.41, 5.74) is 7.87. The normalized spacial score (nSPS) is 12.4. The van der Waals surface area contributed by atoms with Gasteiger partial charge in [-0.3, -0.25) is 4.79 Å². The summed E-state index contributed by atoms with van der Waals surface area (Å²) in [5, 5.41) is 0. The number of carbonyl (C=O) groups excluding carboxylic acids is 1. The number of nitrogens with zero attached hydrogens (tertiary/aromatic N) is 3. The molecule has 1 unspecified atom stereocenters. The maximum atomic E-state index is 13.9. The maximum absolute atomic E-state index is 13.9. The molecule has 2 N–H and O–H groups in total. The average Bonchev–Trinajstić information content (AvgIpc) is 3.37. The fraction of sp³-hybridized carbons (Fsp3) is 0.312. The van der Waals surface area contributed by atoms with Crippen molar-refractivity contribution in [3.05, 3.63) is 108 Å². The van der Waals surface area contributed by atoms with Crippen molar-refractivity contribution in [2.24, 2.45) is 11.7 Å². The van der Waals surface area contributed by atoms with Crippen molar-refractivity contribution in [1.29, 1.82) is 0 Å². The molecule has 0 bridgehead atoms. The second-order valence-corrected chi connectivity index (χ2v) is 10.2. The fourth-order valence-electron chi connectivity index (χ4n) is 4.89. The number of imidazole rings is 1. The van der Waals surface area contributed by atoms with Gasteiger partial charge in [-0.25, -0.2) is 4.98 Å². The molecule has 9 heteroatoms. The van der Waals surface area contributed by atoms with Crippen molar-refractivity contribution in [1.82, 2.24) is 14.5 Å². The number of amides is 1. The first-order valence-electron chi connectivity index (χ1n) is 13.6. The minimum Gasteiger partial charge on any atom is -0.497 e. The number of alkyl halides is 3. The lowest BCUT2D eigenvalue weighted by atomic mass is 9.99. The van der Waals surface area contributed by atoms with Crippen LogP contribution in [0.3, 0.4) is 0 Å². The van der Waals surface area contributed by atoms with E-state index in [9.17, 15) is 18.0 Å². The van der Waals surface area contributed by atoms with E-state index in [0.29, 0.717) is 37.6 Å². The number of methoxy groups -OCH3 is 1. The van der Waals surface area contributed by atoms with E-state index in [0.717, 1.165) is 29.0 Å². The van der Waals surface area contributed by atoms with Crippen LogP contribution in [0.15, 0.2) is 85.1 Å². The highest BCUT2D eigenvalue weighted by atomic mass is 19.4. The SMILES string of the molecule is COc1cccc(-c2cn(Cc3ccccc3)c(C(C(C)C)N(CCCN)C(=O)c3ccc(C(F)(F)F)cc3)n2)c1. The predicted molar refractivity (Wildman–Crippen MR) is 153 cm³/mol. The number of carbonyl (C=O) groups is 1. The lowest BCUT2D eigenvalue weighted by Crippen LogP contribution is -2.40. The van der Waals surface area contributed by atoms with Crippen LogP contribution < -0.4 is 10.5 Å². The molecule has 41 heavy (non-hydrogen) atoms. The molecule has 0 saturated heterocycles. The third kappa shape index (κ3) is 7.16. The molecule has 0 radical (unpaired) electrons. The van der Waals surface area contributed by atoms with E-state index >= 15 is 0 Å². The van der Waals surface area contributed by atoms with Crippen LogP contribution in [-0.4, -0.2) is 40.6 Å². The number of hydrogen-bond acceptors (Lipinski definition) is 4. The molecule has 1 atom stereocenters. The molecule has 1 amide bonds. The highest BCUT2D eigenvalue weighted by Crippen LogP contribution is 2.34. The van der Waals surface area contributed by atoms with Crippen LogP contribution in [-0.2, 0) is 12.7 Å². The van der Waals surface area contributed by atoms with Gasteiger partial charge in [0.1, 0.15) is 11.6 Å². The molecular weight excluding hydrogens is 529 g/mol. The van der Waals surface area contributed by atoms with Crippen molar-refractivity contribution in [3.8, 4) is 17.0 Å². The summed E-state index contributed by atoms with van der Waals surface area (Å²) in [6.45, 7) is 5.22. The molecule has 216 valence electrons. The van der Waals surface area contributed by atoms with Crippen LogP contribution in [0.5, 0.6) is 5.75 Å². The Kier molecular flexibility index (Phi) is 9.50. The molecule has 0 saturated carbocycles. The largest absolute Gasteiger partial charge is 0.497 e. The topological polar surface area (TPSA) is 73.4 Å². The molecule has 1 aromatic heterocycles. The smallest absolute Gasteiger partial charge is 0.416 e. The Labute approximate surface area is 238 Å². The molecule has 4 aromatic rings. The summed E-state index contributed by atoms with van der Waals surface area (Å²) >= 11 is 0. The summed E-state index contributed by atoms with van der Waals surface area (Å²) in [4.78, 5) is 20.7. The van der Waals surface area contributed by atoms with Crippen molar-refractivity contribution < 1.29 is 22.7 Å². The van der Waals surface area contributed by atoms with Crippen LogP contribution in [0.1, 0.15) is 53.6 Å². The van der Waals surface area contributed by atoms with Gasteiger partial charge < -0.3 is 19.9 Å². The Bertz CT molecular complexity index is 1430. The van der Waals surface area contributed by atoms with Gasteiger partial charge in [-0.1, -0.05) is 56.3 Å². The third-order valence-corrected chi connectivity index (χ3v) is 6.92. The van der Waals surface area contributed by atoms with E-state index in [1.807, 2.05) is 79.2 Å². The lowest BCUT2D eigenvalue weighted by Gasteiger charge is -2.34. The van der Waals surface area contributed by atoms with E-state index in [-0.39, 0.29) is 17.4 Å². The molecule has 0 aliphatic carbocycles. The Morgan fingerprint density at radius 1 is 1.02 bits per heavy atom. The van der Waals surface area contributed by atoms with Crippen LogP contribution in [0.4, 0.5) is 13.2 Å². The van der Waals surface area contributed by atoms with E-state index < -0.39 is 17.8 Å². The van der Waals surface area contributed by atoms with Gasteiger partial charge in [0, 0.05) is 30.4 Å². The third-order valence-electron chi connectivity index (χ3n) is 6.92. The minimum atomic E-state index is -4.49. The Balaban J connectivity index is 1.81. The van der Waals surface area contributed by atoms with Crippen LogP contribution >= 0.6 is 0 Å². The van der Waals surface area contributed by atoms with Crippen LogP contribution in [0.25, 0.3) is 11.3 Å². The van der Waals surface area contributed by atoms with E-state index in [2.05, 4.69) is 0 Å². The number of hydrogen-bond donors (Lipinski definition) is 1. The van der Waals surface area contributed by atoms with Gasteiger partial charge in [-0.05, 0) is 60.8 Å². The van der Waals surface area contributed by atoms with Crippen molar-refractivity contribution in [2.45, 2.75) is 39.0 Å². The van der Waals surface area contributed by atoms with E-state index in [1.54, 1.807) is 12.0 Å². The number of ether oxygens (including phenoxy) is 1. The maximum Gasteiger partial charge on any atom is 0.416 e. The summed E-state index contributed by atoms with van der Waals surface area (Å²) < 4.78 is 47.0. The molecule has 3 aromatic carbocycles. The number of halogens is 3. The molecule has 6 nitrogen and oxygen atoms in total. The van der Waals surface area contributed by atoms with Gasteiger partial charge in [0.05, 0.1) is 24.4 Å². The van der Waals surface area contributed by atoms with Gasteiger partial charge in [0.15, 0.2) is 0 Å². The Morgan fingerprint density at radius 2 is 1.73 bits per heavy atom. The first-order chi connectivity index (χ1) is 19.6. The minimum absolute atomic E-state index is 0.0683. The summed E-state index contributed by atoms with van der Waals surface area (Å²) in [5.74, 6) is 0.937. The zero-order valence-electron chi connectivity index (χ0n) is 23.4. The van der Waals surface area contributed by atoms with Gasteiger partial charge in [-0.2, -0.15) is 13.2 Å². The van der Waals surface area contributed by atoms with Gasteiger partial charge in [0.25, 0.3) is 5.91 Å². The van der Waals surface area contributed by atoms with Crippen molar-refractivity contribution in [3.63, 3.8) is 0 Å². The predicted octanol–water partition coefficient (Wildman–Crippen LogP) is 6.81. The fourth-order valence-corrected chi connectivity index (χ4v) is 4.89. The van der Waals surface area contributed by atoms with Crippen LogP contribution in [0, 0.1) is 5.92 Å². The second kappa shape index (κ2) is 13.0. The van der Waals surface area contributed by atoms with E-state index in [4.69, 9.17) is 15.5 Å². The lowest BCUT2D eigenvalue weighted by molar-refractivity contribution is -0.137. The van der Waals surface area contributed by atoms with E-state index in [1.165, 1.54) is 12.1 Å². The quantitative estimate of drug-likeness (QED) is 0.217. The summed E-state index contributed by atoms with van der Waals surface area (Å²) in [6.07, 6.45) is -1.99. The van der Waals surface area contributed by atoms with Crippen molar-refractivity contribution >= 4 is 5.91 Å². The van der Waals surface area contributed by atoms with Gasteiger partial charge in [0.2, 0.25) is 0 Å². The standard InChI is InChI=1S/C32H35F3N4O2/c1-22(2)29(39(18-8-17-36)31(40)24-13-15-26(16-14-24)32(33,34)35)30-37-28(25-11-7-12-27(19-25)41-3)21-38(30)20-23-9-5-4-6-10-23/h4-7,9-16,19,21-22,29H,8,17-18,20,36H2,1-3H3. The second-order valence-electron chi connectivity index (χ2n) is 10.2. The van der Waals surface area contributed by atoms with Gasteiger partial charge in [-0.15, -0.1) is 0 Å². The number of rotatable bonds is 11. The van der Waals surface area contributed by atoms with Crippen molar-refractivity contribution in [2.75, 3.05) is 20.2 Å². The number of aromatic nitrogens is 2. The summed E-state index contributed by atoms with van der Waals surface area (Å²) in [6, 6.07) is 21.4. The molecule has 0 aliphatic heterocycles. The molecule has 4 rings (SSSR count). The highest BCUT2D eigenvalue weighted by molar-refractivity contribution is 5.94.